The average Bonchev–Trinajstić information content (AvgIpc) is 3.20. The summed E-state index contributed by atoms with van der Waals surface area (Å²) < 4.78 is 47.9. The fourth-order valence-corrected chi connectivity index (χ4v) is 3.69. The second-order valence-electron chi connectivity index (χ2n) is 7.43. The Morgan fingerprint density at radius 3 is 2.66 bits per heavy atom. The highest BCUT2D eigenvalue weighted by molar-refractivity contribution is 6.28. The summed E-state index contributed by atoms with van der Waals surface area (Å²) in [6, 6.07) is 5.95. The number of alkyl halides is 3. The number of carbonyl (C=O) groups excluding carboxylic acids is 1. The fourth-order valence-electron chi connectivity index (χ4n) is 3.52. The van der Waals surface area contributed by atoms with Gasteiger partial charge in [0.2, 0.25) is 5.28 Å². The third-order valence-corrected chi connectivity index (χ3v) is 5.33. The minimum absolute atomic E-state index is 0.0594. The van der Waals surface area contributed by atoms with Gasteiger partial charge in [0, 0.05) is 12.6 Å². The number of hydrogen-bond donors (Lipinski definition) is 1. The summed E-state index contributed by atoms with van der Waals surface area (Å²) in [6.07, 6.45) is -3.35. The summed E-state index contributed by atoms with van der Waals surface area (Å²) in [5.74, 6) is -0.640. The van der Waals surface area contributed by atoms with E-state index in [-0.39, 0.29) is 41.9 Å². The van der Waals surface area contributed by atoms with Gasteiger partial charge in [0.05, 0.1) is 30.8 Å². The number of fused-ring (bicyclic) bond motifs is 1. The van der Waals surface area contributed by atoms with Crippen LogP contribution in [0.25, 0.3) is 11.0 Å². The van der Waals surface area contributed by atoms with Crippen molar-refractivity contribution in [3.8, 4) is 0 Å². The Labute approximate surface area is 200 Å². The molecule has 14 heteroatoms. The molecule has 0 atom stereocenters. The number of anilines is 1. The number of benzene rings is 1. The molecule has 0 saturated heterocycles. The van der Waals surface area contributed by atoms with Crippen LogP contribution < -0.4 is 11.3 Å². The van der Waals surface area contributed by atoms with E-state index < -0.39 is 23.3 Å². The fraction of sp³-hybridized carbons (Fsp3) is 0.238. The lowest BCUT2D eigenvalue weighted by atomic mass is 10.0. The quantitative estimate of drug-likeness (QED) is 0.311. The number of hydrogen-bond acceptors (Lipinski definition) is 8. The smallest absolute Gasteiger partial charge is 0.416 e. The second kappa shape index (κ2) is 9.33. The van der Waals surface area contributed by atoms with Crippen molar-refractivity contribution in [1.29, 1.82) is 0 Å². The molecule has 10 nitrogen and oxygen atoms in total. The first kappa shape index (κ1) is 24.1. The number of nitrogens with two attached hydrogens (primary N) is 1. The van der Waals surface area contributed by atoms with Crippen LogP contribution in [0.2, 0.25) is 5.28 Å². The Morgan fingerprint density at radius 2 is 1.94 bits per heavy atom. The van der Waals surface area contributed by atoms with Crippen LogP contribution in [0.3, 0.4) is 0 Å². The SMILES string of the molecule is COC(=O)c1ccc(=O)n(CCc2cc(Cn3ncc4c(N)nc(Cl)nc43)ccc2C(F)(F)F)n1. The van der Waals surface area contributed by atoms with Gasteiger partial charge in [0.15, 0.2) is 11.3 Å². The normalized spacial score (nSPS) is 11.7. The highest BCUT2D eigenvalue weighted by atomic mass is 35.5. The van der Waals surface area contributed by atoms with E-state index in [0.29, 0.717) is 16.6 Å². The molecule has 0 radical (unpaired) electrons. The van der Waals surface area contributed by atoms with Crippen LogP contribution in [-0.2, 0) is 30.4 Å². The van der Waals surface area contributed by atoms with E-state index >= 15 is 0 Å². The minimum atomic E-state index is -4.62. The number of halogens is 4. The molecule has 2 N–H and O–H groups in total. The molecule has 0 fully saturated rings. The summed E-state index contributed by atoms with van der Waals surface area (Å²) in [4.78, 5) is 31.8. The van der Waals surface area contributed by atoms with Crippen LogP contribution in [0, 0.1) is 0 Å². The number of methoxy groups -OCH3 is 1. The number of nitrogen functional groups attached to an aromatic ring is 1. The van der Waals surface area contributed by atoms with Gasteiger partial charge in [-0.3, -0.25) is 4.79 Å². The Bertz CT molecular complexity index is 1480. The van der Waals surface area contributed by atoms with Gasteiger partial charge in [-0.2, -0.15) is 28.4 Å². The molecular formula is C21H17ClF3N7O3. The molecule has 0 aliphatic rings. The second-order valence-corrected chi connectivity index (χ2v) is 7.77. The largest absolute Gasteiger partial charge is 0.464 e. The highest BCUT2D eigenvalue weighted by Gasteiger charge is 2.33. The van der Waals surface area contributed by atoms with Crippen LogP contribution in [-0.4, -0.2) is 42.6 Å². The molecule has 0 bridgehead atoms. The lowest BCUT2D eigenvalue weighted by molar-refractivity contribution is -0.138. The number of esters is 1. The zero-order chi connectivity index (χ0) is 25.3. The number of aromatic nitrogens is 6. The van der Waals surface area contributed by atoms with Crippen LogP contribution in [0.5, 0.6) is 0 Å². The van der Waals surface area contributed by atoms with Crippen molar-refractivity contribution in [3.63, 3.8) is 0 Å². The van der Waals surface area contributed by atoms with Gasteiger partial charge in [0.25, 0.3) is 5.56 Å². The predicted molar refractivity (Wildman–Crippen MR) is 119 cm³/mol. The minimum Gasteiger partial charge on any atom is -0.464 e. The summed E-state index contributed by atoms with van der Waals surface area (Å²) in [5.41, 5.74) is 5.04. The van der Waals surface area contributed by atoms with E-state index in [1.807, 2.05) is 0 Å². The third-order valence-electron chi connectivity index (χ3n) is 5.16. The molecule has 0 saturated carbocycles. The third kappa shape index (κ3) is 5.09. The first-order valence-electron chi connectivity index (χ1n) is 10.1. The molecule has 4 aromatic rings. The van der Waals surface area contributed by atoms with E-state index in [1.54, 1.807) is 0 Å². The number of aryl methyl sites for hydroxylation is 2. The van der Waals surface area contributed by atoms with Crippen molar-refractivity contribution in [2.45, 2.75) is 25.7 Å². The van der Waals surface area contributed by atoms with Crippen LogP contribution in [0.15, 0.2) is 41.3 Å². The molecule has 3 heterocycles. The molecule has 0 aliphatic heterocycles. The van der Waals surface area contributed by atoms with E-state index in [0.717, 1.165) is 23.9 Å². The van der Waals surface area contributed by atoms with Gasteiger partial charge in [-0.15, -0.1) is 0 Å². The van der Waals surface area contributed by atoms with E-state index in [1.165, 1.54) is 29.1 Å². The first-order chi connectivity index (χ1) is 16.6. The number of ether oxygens (including phenoxy) is 1. The van der Waals surface area contributed by atoms with Gasteiger partial charge < -0.3 is 10.5 Å². The molecule has 0 aliphatic carbocycles. The molecular weight excluding hydrogens is 491 g/mol. The zero-order valence-corrected chi connectivity index (χ0v) is 18.8. The molecule has 4 rings (SSSR count). The monoisotopic (exact) mass is 507 g/mol. The molecule has 3 aromatic heterocycles. The first-order valence-corrected chi connectivity index (χ1v) is 10.4. The molecule has 35 heavy (non-hydrogen) atoms. The van der Waals surface area contributed by atoms with Crippen LogP contribution in [0.4, 0.5) is 19.0 Å². The average molecular weight is 508 g/mol. The lowest BCUT2D eigenvalue weighted by Crippen LogP contribution is -2.26. The van der Waals surface area contributed by atoms with Gasteiger partial charge in [-0.1, -0.05) is 12.1 Å². The Hall–Kier alpha value is -4.00. The highest BCUT2D eigenvalue weighted by Crippen LogP contribution is 2.33. The lowest BCUT2D eigenvalue weighted by Gasteiger charge is -2.15. The molecule has 182 valence electrons. The van der Waals surface area contributed by atoms with Gasteiger partial charge in [0.1, 0.15) is 5.82 Å². The summed E-state index contributed by atoms with van der Waals surface area (Å²) in [7, 11) is 1.15. The molecule has 0 unspecified atom stereocenters. The maximum atomic E-state index is 13.7. The molecule has 0 amide bonds. The van der Waals surface area contributed by atoms with Crippen molar-refractivity contribution in [3.05, 3.63) is 74.6 Å². The number of rotatable bonds is 6. The number of carbonyl (C=O) groups is 1. The maximum absolute atomic E-state index is 13.7. The van der Waals surface area contributed by atoms with Crippen molar-refractivity contribution < 1.29 is 22.7 Å². The van der Waals surface area contributed by atoms with Crippen LogP contribution in [0.1, 0.15) is 27.2 Å². The number of nitrogens with zero attached hydrogens (tertiary/aromatic N) is 6. The van der Waals surface area contributed by atoms with Crippen molar-refractivity contribution in [2.24, 2.45) is 0 Å². The predicted octanol–water partition coefficient (Wildman–Crippen LogP) is 2.71. The van der Waals surface area contributed by atoms with Gasteiger partial charge in [-0.05, 0) is 41.3 Å². The zero-order valence-electron chi connectivity index (χ0n) is 18.1. The summed E-state index contributed by atoms with van der Waals surface area (Å²) >= 11 is 5.87. The van der Waals surface area contributed by atoms with Gasteiger partial charge >= 0.3 is 12.1 Å². The molecule has 1 aromatic carbocycles. The summed E-state index contributed by atoms with van der Waals surface area (Å²) in [6.45, 7) is -0.113. The molecule has 0 spiro atoms. The van der Waals surface area contributed by atoms with E-state index in [9.17, 15) is 22.8 Å². The van der Waals surface area contributed by atoms with Crippen molar-refractivity contribution in [1.82, 2.24) is 29.5 Å². The van der Waals surface area contributed by atoms with Crippen molar-refractivity contribution in [2.75, 3.05) is 12.8 Å². The Balaban J connectivity index is 1.66. The van der Waals surface area contributed by atoms with E-state index in [2.05, 4.69) is 24.9 Å². The Kier molecular flexibility index (Phi) is 6.43. The van der Waals surface area contributed by atoms with Crippen molar-refractivity contribution >= 4 is 34.4 Å². The Morgan fingerprint density at radius 1 is 1.17 bits per heavy atom. The topological polar surface area (TPSA) is 131 Å². The standard InChI is InChI=1S/C21H17ClF3N7O3/c1-35-19(34)15-4-5-16(33)31(30-15)7-6-12-8-11(2-3-14(12)21(23,24)25)10-32-18-13(9-27-32)17(26)28-20(22)29-18/h2-5,8-9H,6-7,10H2,1H3,(H2,26,28,29). The van der Waals surface area contributed by atoms with E-state index in [4.69, 9.17) is 17.3 Å². The summed E-state index contributed by atoms with van der Waals surface area (Å²) in [5, 5.41) is 8.44. The maximum Gasteiger partial charge on any atom is 0.416 e. The van der Waals surface area contributed by atoms with Gasteiger partial charge in [-0.25, -0.2) is 19.1 Å². The van der Waals surface area contributed by atoms with Crippen LogP contribution >= 0.6 is 11.6 Å².